The molecule has 0 saturated heterocycles. The molecule has 0 bridgehead atoms. The van der Waals surface area contributed by atoms with Crippen molar-refractivity contribution >= 4 is 11.3 Å². The van der Waals surface area contributed by atoms with Crippen LogP contribution in [0.2, 0.25) is 0 Å². The quantitative estimate of drug-likeness (QED) is 0.889. The van der Waals surface area contributed by atoms with E-state index in [4.69, 9.17) is 4.98 Å². The second kappa shape index (κ2) is 5.27. The number of aromatic nitrogens is 1. The van der Waals surface area contributed by atoms with Crippen molar-refractivity contribution in [3.63, 3.8) is 0 Å². The number of thiazole rings is 1. The monoisotopic (exact) mass is 267 g/mol. The van der Waals surface area contributed by atoms with E-state index in [-0.39, 0.29) is 5.41 Å². The summed E-state index contributed by atoms with van der Waals surface area (Å²) < 4.78 is 0. The first-order valence-corrected chi connectivity index (χ1v) is 7.55. The van der Waals surface area contributed by atoms with E-state index >= 15 is 0 Å². The molecule has 1 aromatic rings. The average Bonchev–Trinajstić information content (AvgIpc) is 2.95. The fraction of sp³-hybridized carbons (Fsp3) is 0.786. The Morgan fingerprint density at radius 1 is 1.33 bits per heavy atom. The molecule has 2 rings (SSSR count). The van der Waals surface area contributed by atoms with Crippen LogP contribution in [0.25, 0.3) is 0 Å². The highest BCUT2D eigenvalue weighted by atomic mass is 32.1. The van der Waals surface area contributed by atoms with Crippen molar-refractivity contribution in [1.82, 2.24) is 15.2 Å². The van der Waals surface area contributed by atoms with Gasteiger partial charge in [0.2, 0.25) is 0 Å². The smallest absolute Gasteiger partial charge is 0.107 e. The highest BCUT2D eigenvalue weighted by Gasteiger charge is 2.25. The van der Waals surface area contributed by atoms with Gasteiger partial charge in [-0.05, 0) is 26.9 Å². The standard InChI is InChI=1S/C14H25N3S/c1-14(2,3)13-11(8-15-10-6-7-10)18-12(16-13)9-17(4)5/h10,15H,6-9H2,1-5H3. The normalized spacial score (nSPS) is 16.6. The first kappa shape index (κ1) is 14.0. The maximum atomic E-state index is 4.86. The molecule has 1 fully saturated rings. The molecule has 0 spiro atoms. The van der Waals surface area contributed by atoms with Gasteiger partial charge in [0.25, 0.3) is 0 Å². The molecular weight excluding hydrogens is 242 g/mol. The molecule has 4 heteroatoms. The average molecular weight is 267 g/mol. The van der Waals surface area contributed by atoms with Crippen molar-refractivity contribution in [2.24, 2.45) is 0 Å². The van der Waals surface area contributed by atoms with Crippen LogP contribution in [-0.2, 0) is 18.5 Å². The summed E-state index contributed by atoms with van der Waals surface area (Å²) in [6.45, 7) is 8.69. The van der Waals surface area contributed by atoms with Crippen LogP contribution in [0.1, 0.15) is 49.2 Å². The molecule has 0 radical (unpaired) electrons. The van der Waals surface area contributed by atoms with Crippen molar-refractivity contribution < 1.29 is 0 Å². The highest BCUT2D eigenvalue weighted by molar-refractivity contribution is 7.11. The van der Waals surface area contributed by atoms with Crippen molar-refractivity contribution in [3.05, 3.63) is 15.6 Å². The fourth-order valence-corrected chi connectivity index (χ4v) is 3.32. The Hall–Kier alpha value is -0.450. The third-order valence-electron chi connectivity index (χ3n) is 3.03. The van der Waals surface area contributed by atoms with Crippen molar-refractivity contribution in [1.29, 1.82) is 0 Å². The molecule has 1 heterocycles. The first-order valence-electron chi connectivity index (χ1n) is 6.73. The predicted octanol–water partition coefficient (Wildman–Crippen LogP) is 2.75. The van der Waals surface area contributed by atoms with Crippen LogP contribution in [0.4, 0.5) is 0 Å². The largest absolute Gasteiger partial charge is 0.309 e. The van der Waals surface area contributed by atoms with E-state index in [0.717, 1.165) is 19.1 Å². The number of nitrogens with zero attached hydrogens (tertiary/aromatic N) is 2. The molecule has 0 atom stereocenters. The van der Waals surface area contributed by atoms with E-state index in [9.17, 15) is 0 Å². The topological polar surface area (TPSA) is 28.2 Å². The molecular formula is C14H25N3S. The maximum absolute atomic E-state index is 4.86. The Labute approximate surface area is 115 Å². The SMILES string of the molecule is CN(C)Cc1nc(C(C)(C)C)c(CNC2CC2)s1. The van der Waals surface area contributed by atoms with Crippen LogP contribution in [0.15, 0.2) is 0 Å². The van der Waals surface area contributed by atoms with Crippen LogP contribution in [0.5, 0.6) is 0 Å². The lowest BCUT2D eigenvalue weighted by Crippen LogP contribution is -2.20. The van der Waals surface area contributed by atoms with Crippen LogP contribution in [0, 0.1) is 0 Å². The minimum Gasteiger partial charge on any atom is -0.309 e. The molecule has 1 aliphatic rings. The Balaban J connectivity index is 2.14. The Morgan fingerprint density at radius 2 is 2.00 bits per heavy atom. The number of nitrogens with one attached hydrogen (secondary N) is 1. The van der Waals surface area contributed by atoms with Gasteiger partial charge in [0.05, 0.1) is 5.69 Å². The van der Waals surface area contributed by atoms with Crippen molar-refractivity contribution in [3.8, 4) is 0 Å². The third-order valence-corrected chi connectivity index (χ3v) is 4.07. The Morgan fingerprint density at radius 3 is 2.50 bits per heavy atom. The molecule has 0 unspecified atom stereocenters. The molecule has 102 valence electrons. The van der Waals surface area contributed by atoms with E-state index < -0.39 is 0 Å². The molecule has 3 nitrogen and oxygen atoms in total. The lowest BCUT2D eigenvalue weighted by atomic mass is 9.91. The molecule has 18 heavy (non-hydrogen) atoms. The summed E-state index contributed by atoms with van der Waals surface area (Å²) in [7, 11) is 4.20. The third kappa shape index (κ3) is 3.77. The highest BCUT2D eigenvalue weighted by Crippen LogP contribution is 2.31. The summed E-state index contributed by atoms with van der Waals surface area (Å²) in [4.78, 5) is 8.46. The second-order valence-corrected chi connectivity index (χ2v) is 7.69. The lowest BCUT2D eigenvalue weighted by Gasteiger charge is -2.17. The van der Waals surface area contributed by atoms with Crippen LogP contribution >= 0.6 is 11.3 Å². The molecule has 0 aromatic carbocycles. The van der Waals surface area contributed by atoms with E-state index in [1.165, 1.54) is 28.4 Å². The molecule has 0 amide bonds. The molecule has 0 aliphatic heterocycles. The van der Waals surface area contributed by atoms with Gasteiger partial charge in [0.1, 0.15) is 5.01 Å². The zero-order chi connectivity index (χ0) is 13.3. The van der Waals surface area contributed by atoms with Gasteiger partial charge in [-0.1, -0.05) is 20.8 Å². The molecule has 1 N–H and O–H groups in total. The van der Waals surface area contributed by atoms with Crippen molar-refractivity contribution in [2.75, 3.05) is 14.1 Å². The Kier molecular flexibility index (Phi) is 4.09. The van der Waals surface area contributed by atoms with Gasteiger partial charge < -0.3 is 10.2 Å². The van der Waals surface area contributed by atoms with Crippen LogP contribution in [-0.4, -0.2) is 30.0 Å². The molecule has 1 saturated carbocycles. The summed E-state index contributed by atoms with van der Waals surface area (Å²) in [5.41, 5.74) is 1.42. The van der Waals surface area contributed by atoms with Gasteiger partial charge in [0.15, 0.2) is 0 Å². The van der Waals surface area contributed by atoms with Gasteiger partial charge in [-0.3, -0.25) is 0 Å². The predicted molar refractivity (Wildman–Crippen MR) is 78.1 cm³/mol. The number of rotatable bonds is 5. The van der Waals surface area contributed by atoms with E-state index in [1.54, 1.807) is 0 Å². The van der Waals surface area contributed by atoms with Gasteiger partial charge >= 0.3 is 0 Å². The van der Waals surface area contributed by atoms with Gasteiger partial charge in [-0.15, -0.1) is 11.3 Å². The summed E-state index contributed by atoms with van der Waals surface area (Å²) >= 11 is 1.87. The minimum absolute atomic E-state index is 0.141. The summed E-state index contributed by atoms with van der Waals surface area (Å²) in [6.07, 6.45) is 2.68. The van der Waals surface area contributed by atoms with Gasteiger partial charge in [0, 0.05) is 29.4 Å². The van der Waals surface area contributed by atoms with Crippen molar-refractivity contribution in [2.45, 2.75) is 58.2 Å². The van der Waals surface area contributed by atoms with Gasteiger partial charge in [-0.25, -0.2) is 4.98 Å². The summed E-state index contributed by atoms with van der Waals surface area (Å²) in [5, 5.41) is 4.84. The zero-order valence-electron chi connectivity index (χ0n) is 12.2. The van der Waals surface area contributed by atoms with Crippen LogP contribution in [0.3, 0.4) is 0 Å². The second-order valence-electron chi connectivity index (χ2n) is 6.52. The van der Waals surface area contributed by atoms with E-state index in [1.807, 2.05) is 11.3 Å². The van der Waals surface area contributed by atoms with Gasteiger partial charge in [-0.2, -0.15) is 0 Å². The zero-order valence-corrected chi connectivity index (χ0v) is 13.0. The van der Waals surface area contributed by atoms with E-state index in [2.05, 4.69) is 45.1 Å². The summed E-state index contributed by atoms with van der Waals surface area (Å²) in [6, 6.07) is 0.761. The first-order chi connectivity index (χ1) is 8.36. The number of hydrogen-bond donors (Lipinski definition) is 1. The maximum Gasteiger partial charge on any atom is 0.107 e. The fourth-order valence-electron chi connectivity index (χ4n) is 1.97. The molecule has 1 aliphatic carbocycles. The molecule has 1 aromatic heterocycles. The number of hydrogen-bond acceptors (Lipinski definition) is 4. The summed E-state index contributed by atoms with van der Waals surface area (Å²) in [5.74, 6) is 0. The van der Waals surface area contributed by atoms with Crippen LogP contribution < -0.4 is 5.32 Å². The Bertz CT molecular complexity index is 400. The van der Waals surface area contributed by atoms with E-state index in [0.29, 0.717) is 0 Å². The lowest BCUT2D eigenvalue weighted by molar-refractivity contribution is 0.400. The minimum atomic E-state index is 0.141.